The van der Waals surface area contributed by atoms with Crippen molar-refractivity contribution in [3.8, 4) is 21.9 Å². The van der Waals surface area contributed by atoms with Gasteiger partial charge in [-0.25, -0.2) is 4.39 Å². The molecule has 0 radical (unpaired) electrons. The van der Waals surface area contributed by atoms with Crippen molar-refractivity contribution in [1.29, 1.82) is 0 Å². The fraction of sp³-hybridized carbons (Fsp3) is 0.385. The highest BCUT2D eigenvalue weighted by Gasteiger charge is 2.12. The van der Waals surface area contributed by atoms with Gasteiger partial charge in [0, 0.05) is 17.0 Å². The second-order valence-electron chi connectivity index (χ2n) is 8.35. The van der Waals surface area contributed by atoms with E-state index >= 15 is 0 Å². The molecule has 0 bridgehead atoms. The molecule has 35 heavy (non-hydrogen) atoms. The summed E-state index contributed by atoms with van der Waals surface area (Å²) in [5.74, 6) is 0.787. The number of methoxy groups -OCH3 is 1. The smallest absolute Gasteiger partial charge is 0.325 e. The average Bonchev–Trinajstić information content (AvgIpc) is 3.36. The minimum Gasteiger partial charge on any atom is -0.494 e. The zero-order valence-corrected chi connectivity index (χ0v) is 21.6. The van der Waals surface area contributed by atoms with Crippen molar-refractivity contribution in [2.75, 3.05) is 26.4 Å². The normalized spacial score (nSPS) is 11.5. The summed E-state index contributed by atoms with van der Waals surface area (Å²) >= 11 is 1.66. The van der Waals surface area contributed by atoms with E-state index in [4.69, 9.17) is 19.3 Å². The Balaban J connectivity index is 1.46. The number of unbranched alkanes of at least 4 members (excludes halogenated alkanes) is 2. The summed E-state index contributed by atoms with van der Waals surface area (Å²) in [5, 5.41) is 5.28. The summed E-state index contributed by atoms with van der Waals surface area (Å²) < 4.78 is 35.9. The summed E-state index contributed by atoms with van der Waals surface area (Å²) in [6, 6.07) is 15.3. The Kier molecular flexibility index (Phi) is 10.8. The van der Waals surface area contributed by atoms with Gasteiger partial charge >= 0.3 is 7.60 Å². The molecule has 3 aromatic rings. The number of ether oxygens (including phenoxy) is 2. The van der Waals surface area contributed by atoms with Crippen LogP contribution >= 0.6 is 18.9 Å². The molecule has 0 fully saturated rings. The summed E-state index contributed by atoms with van der Waals surface area (Å²) in [6.07, 6.45) is 3.99. The highest BCUT2D eigenvalue weighted by Crippen LogP contribution is 2.35. The van der Waals surface area contributed by atoms with E-state index in [0.717, 1.165) is 53.0 Å². The first-order chi connectivity index (χ1) is 16.9. The van der Waals surface area contributed by atoms with E-state index in [-0.39, 0.29) is 17.7 Å². The van der Waals surface area contributed by atoms with E-state index < -0.39 is 7.60 Å². The van der Waals surface area contributed by atoms with Gasteiger partial charge in [-0.3, -0.25) is 4.57 Å². The van der Waals surface area contributed by atoms with Crippen molar-refractivity contribution in [1.82, 2.24) is 5.32 Å². The first-order valence-corrected chi connectivity index (χ1v) is 14.4. The summed E-state index contributed by atoms with van der Waals surface area (Å²) in [5.41, 5.74) is 3.10. The van der Waals surface area contributed by atoms with E-state index in [0.29, 0.717) is 26.1 Å². The Hall–Kier alpha value is -2.22. The third kappa shape index (κ3) is 9.39. The summed E-state index contributed by atoms with van der Waals surface area (Å²) in [7, 11) is -2.48. The average molecular weight is 522 g/mol. The van der Waals surface area contributed by atoms with Gasteiger partial charge in [-0.2, -0.15) is 0 Å². The molecule has 9 heteroatoms. The fourth-order valence-corrected chi connectivity index (χ4v) is 5.05. The van der Waals surface area contributed by atoms with Crippen LogP contribution in [0.4, 0.5) is 4.39 Å². The number of rotatable bonds is 15. The molecule has 0 unspecified atom stereocenters. The number of benzene rings is 2. The summed E-state index contributed by atoms with van der Waals surface area (Å²) in [4.78, 5) is 19.0. The van der Waals surface area contributed by atoms with Gasteiger partial charge in [0.2, 0.25) is 0 Å². The molecule has 0 aliphatic rings. The number of halogens is 1. The SMILES string of the molecule is COc1ccc(CCCCCOc2ccc(CNCCCP(=O)(O)O)cc2-c2cccs2)cc1F. The molecule has 6 nitrogen and oxygen atoms in total. The fourth-order valence-electron chi connectivity index (χ4n) is 3.74. The molecule has 0 aliphatic carbocycles. The second kappa shape index (κ2) is 13.8. The number of nitrogens with one attached hydrogen (secondary N) is 1. The van der Waals surface area contributed by atoms with Crippen molar-refractivity contribution in [3.63, 3.8) is 0 Å². The van der Waals surface area contributed by atoms with Crippen LogP contribution in [0.5, 0.6) is 11.5 Å². The molecule has 1 heterocycles. The number of hydrogen-bond acceptors (Lipinski definition) is 5. The van der Waals surface area contributed by atoms with Gasteiger partial charge in [-0.05, 0) is 85.5 Å². The Morgan fingerprint density at radius 1 is 1.00 bits per heavy atom. The van der Waals surface area contributed by atoms with Gasteiger partial charge in [0.05, 0.1) is 19.9 Å². The Labute approximate surface area is 210 Å². The molecule has 3 rings (SSSR count). The Bertz CT molecular complexity index is 1100. The molecule has 0 amide bonds. The molecule has 190 valence electrons. The van der Waals surface area contributed by atoms with Gasteiger partial charge in [0.15, 0.2) is 11.6 Å². The third-order valence-electron chi connectivity index (χ3n) is 5.55. The van der Waals surface area contributed by atoms with Crippen molar-refractivity contribution in [2.45, 2.75) is 38.6 Å². The van der Waals surface area contributed by atoms with Gasteiger partial charge < -0.3 is 24.6 Å². The van der Waals surface area contributed by atoms with Crippen LogP contribution in [-0.2, 0) is 17.5 Å². The molecule has 0 aliphatic heterocycles. The van der Waals surface area contributed by atoms with Crippen LogP contribution in [0.2, 0.25) is 0 Å². The minimum absolute atomic E-state index is 0.107. The number of hydrogen-bond donors (Lipinski definition) is 3. The molecular weight excluding hydrogens is 488 g/mol. The molecular formula is C26H33FNO5PS. The van der Waals surface area contributed by atoms with Crippen molar-refractivity contribution < 1.29 is 28.2 Å². The van der Waals surface area contributed by atoms with Gasteiger partial charge in [0.25, 0.3) is 0 Å². The van der Waals surface area contributed by atoms with Crippen LogP contribution in [0, 0.1) is 5.82 Å². The number of thiophene rings is 1. The standard InChI is InChI=1S/C26H33FNO5PS/c1-32-25-12-9-20(18-23(25)27)7-3-2-4-14-33-24-11-10-21(17-22(24)26-8-5-16-35-26)19-28-13-6-15-34(29,30)31/h5,8-12,16-18,28H,2-4,6-7,13-15,19H2,1H3,(H2,29,30,31). The first-order valence-electron chi connectivity index (χ1n) is 11.7. The van der Waals surface area contributed by atoms with Crippen molar-refractivity contribution in [3.05, 3.63) is 70.9 Å². The lowest BCUT2D eigenvalue weighted by Gasteiger charge is -2.13. The lowest BCUT2D eigenvalue weighted by molar-refractivity contribution is 0.306. The lowest BCUT2D eigenvalue weighted by atomic mass is 10.1. The van der Waals surface area contributed by atoms with Crippen LogP contribution in [-0.4, -0.2) is 36.2 Å². The van der Waals surface area contributed by atoms with Crippen molar-refractivity contribution >= 4 is 18.9 Å². The summed E-state index contributed by atoms with van der Waals surface area (Å²) in [6.45, 7) is 1.77. The van der Waals surface area contributed by atoms with Crippen LogP contribution in [0.3, 0.4) is 0 Å². The van der Waals surface area contributed by atoms with Gasteiger partial charge in [-0.15, -0.1) is 11.3 Å². The Morgan fingerprint density at radius 2 is 1.80 bits per heavy atom. The van der Waals surface area contributed by atoms with Crippen LogP contribution < -0.4 is 14.8 Å². The Morgan fingerprint density at radius 3 is 2.51 bits per heavy atom. The lowest BCUT2D eigenvalue weighted by Crippen LogP contribution is -2.15. The zero-order valence-electron chi connectivity index (χ0n) is 19.9. The zero-order chi connectivity index (χ0) is 25.1. The van der Waals surface area contributed by atoms with Gasteiger partial charge in [-0.1, -0.05) is 18.2 Å². The highest BCUT2D eigenvalue weighted by atomic mass is 32.1. The topological polar surface area (TPSA) is 88.0 Å². The predicted octanol–water partition coefficient (Wildman–Crippen LogP) is 6.01. The van der Waals surface area contributed by atoms with Crippen LogP contribution in [0.25, 0.3) is 10.4 Å². The van der Waals surface area contributed by atoms with E-state index in [1.807, 2.05) is 29.6 Å². The van der Waals surface area contributed by atoms with E-state index in [1.54, 1.807) is 17.4 Å². The van der Waals surface area contributed by atoms with E-state index in [2.05, 4.69) is 17.4 Å². The van der Waals surface area contributed by atoms with Crippen LogP contribution in [0.1, 0.15) is 36.8 Å². The third-order valence-corrected chi connectivity index (χ3v) is 7.35. The molecule has 0 spiro atoms. The van der Waals surface area contributed by atoms with Crippen LogP contribution in [0.15, 0.2) is 53.9 Å². The van der Waals surface area contributed by atoms with Gasteiger partial charge in [0.1, 0.15) is 5.75 Å². The quantitative estimate of drug-likeness (QED) is 0.168. The highest BCUT2D eigenvalue weighted by molar-refractivity contribution is 7.51. The monoisotopic (exact) mass is 521 g/mol. The maximum atomic E-state index is 13.8. The molecule has 0 saturated carbocycles. The van der Waals surface area contributed by atoms with E-state index in [1.165, 1.54) is 13.2 Å². The molecule has 0 saturated heterocycles. The maximum Gasteiger partial charge on any atom is 0.325 e. The molecule has 0 atom stereocenters. The first kappa shape index (κ1) is 27.4. The maximum absolute atomic E-state index is 13.8. The molecule has 1 aromatic heterocycles. The minimum atomic E-state index is -3.94. The molecule has 2 aromatic carbocycles. The van der Waals surface area contributed by atoms with E-state index in [9.17, 15) is 8.96 Å². The number of aryl methyl sites for hydroxylation is 1. The second-order valence-corrected chi connectivity index (χ2v) is 11.1. The van der Waals surface area contributed by atoms with Crippen molar-refractivity contribution in [2.24, 2.45) is 0 Å². The molecule has 3 N–H and O–H groups in total. The predicted molar refractivity (Wildman–Crippen MR) is 139 cm³/mol. The largest absolute Gasteiger partial charge is 0.494 e.